The maximum atomic E-state index is 12.0. The molecule has 3 N–H and O–H groups in total. The highest BCUT2D eigenvalue weighted by molar-refractivity contribution is 8.00. The van der Waals surface area contributed by atoms with Crippen LogP contribution in [-0.2, 0) is 4.79 Å². The summed E-state index contributed by atoms with van der Waals surface area (Å²) in [5, 5.41) is 10.1. The van der Waals surface area contributed by atoms with Crippen LogP contribution >= 0.6 is 11.8 Å². The maximum absolute atomic E-state index is 12.0. The number of hydrogen-bond donors (Lipinski definition) is 2. The fraction of sp³-hybridized carbons (Fsp3) is 0.714. The molecule has 0 radical (unpaired) electrons. The number of urea groups is 1. The minimum Gasteiger partial charge on any atom is -0.416 e. The number of aromatic nitrogens is 2. The van der Waals surface area contributed by atoms with Gasteiger partial charge in [0.05, 0.1) is 5.25 Å². The number of hydrogen-bond acceptors (Lipinski definition) is 6. The molecule has 0 unspecified atom stereocenters. The van der Waals surface area contributed by atoms with Gasteiger partial charge in [-0.15, -0.1) is 10.2 Å². The first-order valence-corrected chi connectivity index (χ1v) is 8.45. The number of rotatable bonds is 5. The molecule has 8 heteroatoms. The quantitative estimate of drug-likeness (QED) is 0.804. The van der Waals surface area contributed by atoms with Crippen LogP contribution in [0.2, 0.25) is 0 Å². The minimum absolute atomic E-state index is 0.00520. The second-order valence-electron chi connectivity index (χ2n) is 5.88. The normalized spacial score (nSPS) is 17.4. The van der Waals surface area contributed by atoms with Gasteiger partial charge in [-0.2, -0.15) is 0 Å². The van der Waals surface area contributed by atoms with E-state index in [1.54, 1.807) is 0 Å². The van der Waals surface area contributed by atoms with Gasteiger partial charge in [0.2, 0.25) is 11.8 Å². The van der Waals surface area contributed by atoms with E-state index in [9.17, 15) is 9.59 Å². The Bertz CT molecular complexity index is 526. The molecule has 1 aliphatic carbocycles. The van der Waals surface area contributed by atoms with Crippen molar-refractivity contribution < 1.29 is 14.0 Å². The molecule has 1 aromatic heterocycles. The van der Waals surface area contributed by atoms with Crippen molar-refractivity contribution in [1.82, 2.24) is 15.5 Å². The van der Waals surface area contributed by atoms with Gasteiger partial charge >= 0.3 is 6.03 Å². The number of imide groups is 1. The van der Waals surface area contributed by atoms with Crippen molar-refractivity contribution in [2.75, 3.05) is 0 Å². The summed E-state index contributed by atoms with van der Waals surface area (Å²) in [5.74, 6) is 0.534. The van der Waals surface area contributed by atoms with Gasteiger partial charge in [-0.1, -0.05) is 44.9 Å². The largest absolute Gasteiger partial charge is 0.416 e. The molecule has 2 rings (SSSR count). The Balaban J connectivity index is 2.02. The molecule has 1 fully saturated rings. The molecule has 122 valence electrons. The predicted octanol–water partition coefficient (Wildman–Crippen LogP) is 2.43. The molecule has 0 aromatic carbocycles. The zero-order chi connectivity index (χ0) is 16.1. The summed E-state index contributed by atoms with van der Waals surface area (Å²) in [7, 11) is 0. The van der Waals surface area contributed by atoms with Gasteiger partial charge in [-0.3, -0.25) is 10.1 Å². The number of thioether (sulfide) groups is 1. The Kier molecular flexibility index (Phi) is 5.82. The molecule has 0 saturated heterocycles. The third-order valence-electron chi connectivity index (χ3n) is 3.71. The Morgan fingerprint density at radius 3 is 2.55 bits per heavy atom. The van der Waals surface area contributed by atoms with Crippen LogP contribution in [-0.4, -0.2) is 27.4 Å². The zero-order valence-corrected chi connectivity index (χ0v) is 13.7. The topological polar surface area (TPSA) is 111 Å². The van der Waals surface area contributed by atoms with Gasteiger partial charge < -0.3 is 10.2 Å². The third-order valence-corrected chi connectivity index (χ3v) is 5.09. The molecule has 0 aliphatic heterocycles. The van der Waals surface area contributed by atoms with E-state index in [0.29, 0.717) is 17.0 Å². The first kappa shape index (κ1) is 16.8. The van der Waals surface area contributed by atoms with Crippen molar-refractivity contribution in [3.8, 4) is 0 Å². The number of nitrogens with two attached hydrogens (primary N) is 1. The van der Waals surface area contributed by atoms with Crippen molar-refractivity contribution in [1.29, 1.82) is 0 Å². The predicted molar refractivity (Wildman–Crippen MR) is 82.3 cm³/mol. The summed E-state index contributed by atoms with van der Waals surface area (Å²) < 4.78 is 5.70. The lowest BCUT2D eigenvalue weighted by Crippen LogP contribution is -2.42. The van der Waals surface area contributed by atoms with E-state index in [4.69, 9.17) is 10.2 Å². The molecule has 3 amide bonds. The fourth-order valence-corrected chi connectivity index (χ4v) is 3.45. The van der Waals surface area contributed by atoms with Crippen LogP contribution in [0.3, 0.4) is 0 Å². The first-order chi connectivity index (χ1) is 10.5. The third kappa shape index (κ3) is 4.46. The number of carbonyl (C=O) groups excluding carboxylic acids is 2. The lowest BCUT2D eigenvalue weighted by Gasteiger charge is -2.18. The van der Waals surface area contributed by atoms with Gasteiger partial charge in [0.25, 0.3) is 5.22 Å². The van der Waals surface area contributed by atoms with E-state index in [2.05, 4.69) is 15.5 Å². The second-order valence-corrected chi connectivity index (χ2v) is 6.97. The molecule has 1 atom stereocenters. The van der Waals surface area contributed by atoms with Gasteiger partial charge in [0, 0.05) is 5.92 Å². The summed E-state index contributed by atoms with van der Waals surface area (Å²) >= 11 is 1.17. The van der Waals surface area contributed by atoms with E-state index in [0.717, 1.165) is 12.8 Å². The molecule has 0 bridgehead atoms. The van der Waals surface area contributed by atoms with Crippen LogP contribution in [0.1, 0.15) is 57.8 Å². The summed E-state index contributed by atoms with van der Waals surface area (Å²) in [6.45, 7) is 3.77. The van der Waals surface area contributed by atoms with Crippen molar-refractivity contribution in [3.05, 3.63) is 5.89 Å². The molecule has 1 saturated carbocycles. The average Bonchev–Trinajstić information content (AvgIpc) is 2.93. The van der Waals surface area contributed by atoms with E-state index in [-0.39, 0.29) is 5.92 Å². The van der Waals surface area contributed by atoms with E-state index in [1.807, 2.05) is 13.8 Å². The molecule has 1 aromatic rings. The van der Waals surface area contributed by atoms with Crippen molar-refractivity contribution in [2.45, 2.75) is 62.3 Å². The number of primary amides is 1. The summed E-state index contributed by atoms with van der Waals surface area (Å²) in [4.78, 5) is 22.8. The molecule has 0 spiro atoms. The lowest BCUT2D eigenvalue weighted by atomic mass is 9.89. The van der Waals surface area contributed by atoms with Crippen LogP contribution in [0.5, 0.6) is 0 Å². The van der Waals surface area contributed by atoms with Crippen LogP contribution in [0.15, 0.2) is 9.64 Å². The van der Waals surface area contributed by atoms with E-state index >= 15 is 0 Å². The number of nitrogens with one attached hydrogen (secondary N) is 1. The molecule has 1 aliphatic rings. The highest BCUT2D eigenvalue weighted by atomic mass is 32.2. The fourth-order valence-electron chi connectivity index (χ4n) is 2.58. The summed E-state index contributed by atoms with van der Waals surface area (Å²) in [5.41, 5.74) is 4.99. The molecular weight excluding hydrogens is 304 g/mol. The molecule has 7 nitrogen and oxygen atoms in total. The van der Waals surface area contributed by atoms with Gasteiger partial charge in [0.15, 0.2) is 0 Å². The summed E-state index contributed by atoms with van der Waals surface area (Å²) in [6.07, 6.45) is 5.77. The van der Waals surface area contributed by atoms with Crippen LogP contribution in [0.25, 0.3) is 0 Å². The molecule has 1 heterocycles. The second kappa shape index (κ2) is 7.62. The first-order valence-electron chi connectivity index (χ1n) is 7.57. The van der Waals surface area contributed by atoms with E-state index in [1.165, 1.54) is 31.0 Å². The maximum Gasteiger partial charge on any atom is 0.318 e. The SMILES string of the molecule is CC(C)[C@H](Sc1nnc(C2CCCCC2)o1)C(=O)NC(N)=O. The number of nitrogens with zero attached hydrogens (tertiary/aromatic N) is 2. The monoisotopic (exact) mass is 326 g/mol. The van der Waals surface area contributed by atoms with Crippen molar-refractivity contribution >= 4 is 23.7 Å². The Hall–Kier alpha value is -1.57. The highest BCUT2D eigenvalue weighted by Crippen LogP contribution is 2.34. The smallest absolute Gasteiger partial charge is 0.318 e. The number of carbonyl (C=O) groups is 2. The zero-order valence-electron chi connectivity index (χ0n) is 12.9. The Morgan fingerprint density at radius 2 is 1.95 bits per heavy atom. The number of amides is 3. The van der Waals surface area contributed by atoms with Gasteiger partial charge in [-0.05, 0) is 18.8 Å². The lowest BCUT2D eigenvalue weighted by molar-refractivity contribution is -0.120. The Labute approximate surface area is 133 Å². The van der Waals surface area contributed by atoms with Gasteiger partial charge in [0.1, 0.15) is 0 Å². The minimum atomic E-state index is -0.857. The van der Waals surface area contributed by atoms with Crippen molar-refractivity contribution in [3.63, 3.8) is 0 Å². The summed E-state index contributed by atoms with van der Waals surface area (Å²) in [6, 6.07) is -0.857. The molecular formula is C14H22N4O3S. The van der Waals surface area contributed by atoms with Crippen molar-refractivity contribution in [2.24, 2.45) is 11.7 Å². The van der Waals surface area contributed by atoms with Crippen LogP contribution in [0, 0.1) is 5.92 Å². The molecule has 22 heavy (non-hydrogen) atoms. The Morgan fingerprint density at radius 1 is 1.27 bits per heavy atom. The highest BCUT2D eigenvalue weighted by Gasteiger charge is 2.28. The van der Waals surface area contributed by atoms with Crippen LogP contribution < -0.4 is 11.1 Å². The van der Waals surface area contributed by atoms with Gasteiger partial charge in [-0.25, -0.2) is 4.79 Å². The van der Waals surface area contributed by atoms with Crippen LogP contribution in [0.4, 0.5) is 4.79 Å². The standard InChI is InChI=1S/C14H22N4O3S/c1-8(2)10(11(19)16-13(15)20)22-14-18-17-12(21-14)9-6-4-3-5-7-9/h8-10H,3-7H2,1-2H3,(H3,15,16,19,20)/t10-/m0/s1. The van der Waals surface area contributed by atoms with E-state index < -0.39 is 17.2 Å². The average molecular weight is 326 g/mol.